The maximum atomic E-state index is 12.5. The van der Waals surface area contributed by atoms with Gasteiger partial charge in [-0.25, -0.2) is 9.69 Å². The molecule has 6 heteroatoms. The molecule has 1 saturated heterocycles. The molecule has 2 aliphatic rings. The van der Waals surface area contributed by atoms with E-state index in [4.69, 9.17) is 0 Å². The van der Waals surface area contributed by atoms with Gasteiger partial charge in [0.25, 0.3) is 0 Å². The van der Waals surface area contributed by atoms with Gasteiger partial charge in [0.2, 0.25) is 11.8 Å². The molecule has 0 aromatic carbocycles. The fraction of sp³-hybridized carbons (Fsp3) is 0.533. The normalized spacial score (nSPS) is 21.3. The Morgan fingerprint density at radius 3 is 2.33 bits per heavy atom. The van der Waals surface area contributed by atoms with Crippen molar-refractivity contribution >= 4 is 34.8 Å². The summed E-state index contributed by atoms with van der Waals surface area (Å²) < 4.78 is 0. The van der Waals surface area contributed by atoms with Gasteiger partial charge in [0.1, 0.15) is 4.88 Å². The van der Waals surface area contributed by atoms with Crippen molar-refractivity contribution in [3.05, 3.63) is 15.8 Å². The Hall–Kier alpha value is -1.69. The highest BCUT2D eigenvalue weighted by molar-refractivity contribution is 7.12. The number of piperidine rings is 1. The Bertz CT molecular complexity index is 608. The van der Waals surface area contributed by atoms with Crippen molar-refractivity contribution in [2.75, 3.05) is 4.90 Å². The summed E-state index contributed by atoms with van der Waals surface area (Å²) in [5.74, 6) is -1.60. The van der Waals surface area contributed by atoms with Gasteiger partial charge in [-0.2, -0.15) is 0 Å². The molecule has 1 aliphatic carbocycles. The van der Waals surface area contributed by atoms with Crippen molar-refractivity contribution in [2.45, 2.75) is 45.4 Å². The number of hydrogen-bond donors (Lipinski definition) is 1. The number of aromatic carboxylic acids is 1. The van der Waals surface area contributed by atoms with Crippen molar-refractivity contribution in [2.24, 2.45) is 5.41 Å². The summed E-state index contributed by atoms with van der Waals surface area (Å²) in [6.07, 6.45) is 4.69. The van der Waals surface area contributed by atoms with E-state index in [1.54, 1.807) is 12.3 Å². The van der Waals surface area contributed by atoms with Gasteiger partial charge in [0.05, 0.1) is 5.69 Å². The van der Waals surface area contributed by atoms with Crippen LogP contribution in [0.25, 0.3) is 0 Å². The SMILES string of the molecule is Cc1csc(C(=O)O)c1N1C(=O)CC2(CCCC2)CC1=O. The Morgan fingerprint density at radius 1 is 1.24 bits per heavy atom. The van der Waals surface area contributed by atoms with E-state index in [2.05, 4.69) is 0 Å². The first kappa shape index (κ1) is 14.3. The van der Waals surface area contributed by atoms with E-state index in [0.717, 1.165) is 41.9 Å². The fourth-order valence-corrected chi connectivity index (χ4v) is 4.47. The summed E-state index contributed by atoms with van der Waals surface area (Å²) in [7, 11) is 0. The Balaban J connectivity index is 1.97. The first-order chi connectivity index (χ1) is 9.93. The number of nitrogens with zero attached hydrogens (tertiary/aromatic N) is 1. The van der Waals surface area contributed by atoms with Crippen LogP contribution in [0.2, 0.25) is 0 Å². The van der Waals surface area contributed by atoms with Gasteiger partial charge in [0, 0.05) is 12.8 Å². The maximum absolute atomic E-state index is 12.5. The van der Waals surface area contributed by atoms with Crippen molar-refractivity contribution < 1.29 is 19.5 Å². The van der Waals surface area contributed by atoms with Gasteiger partial charge >= 0.3 is 5.97 Å². The first-order valence-electron chi connectivity index (χ1n) is 7.11. The predicted octanol–water partition coefficient (Wildman–Crippen LogP) is 2.97. The maximum Gasteiger partial charge on any atom is 0.348 e. The van der Waals surface area contributed by atoms with Crippen LogP contribution in [0.3, 0.4) is 0 Å². The predicted molar refractivity (Wildman–Crippen MR) is 78.6 cm³/mol. The number of hydrogen-bond acceptors (Lipinski definition) is 4. The number of carbonyl (C=O) groups is 3. The second-order valence-electron chi connectivity index (χ2n) is 6.09. The number of carboxylic acids is 1. The van der Waals surface area contributed by atoms with E-state index in [0.29, 0.717) is 18.4 Å². The molecule has 112 valence electrons. The molecule has 1 saturated carbocycles. The van der Waals surface area contributed by atoms with E-state index >= 15 is 0 Å². The summed E-state index contributed by atoms with van der Waals surface area (Å²) in [6, 6.07) is 0. The molecule has 21 heavy (non-hydrogen) atoms. The van der Waals surface area contributed by atoms with Gasteiger partial charge in [-0.3, -0.25) is 9.59 Å². The molecule has 1 N–H and O–H groups in total. The highest BCUT2D eigenvalue weighted by atomic mass is 32.1. The molecule has 3 rings (SSSR count). The number of rotatable bonds is 2. The molecule has 2 heterocycles. The lowest BCUT2D eigenvalue weighted by molar-refractivity contribution is -0.133. The van der Waals surface area contributed by atoms with E-state index in [1.165, 1.54) is 0 Å². The molecule has 1 aromatic rings. The number of carboxylic acid groups (broad SMARTS) is 1. The summed E-state index contributed by atoms with van der Waals surface area (Å²) in [5.41, 5.74) is 0.773. The monoisotopic (exact) mass is 307 g/mol. The summed E-state index contributed by atoms with van der Waals surface area (Å²) >= 11 is 1.06. The standard InChI is InChI=1S/C15H17NO4S/c1-9-8-21-13(14(19)20)12(9)16-10(17)6-15(7-11(16)18)4-2-3-5-15/h8H,2-7H2,1H3,(H,19,20). The third kappa shape index (κ3) is 2.27. The third-order valence-electron chi connectivity index (χ3n) is 4.58. The summed E-state index contributed by atoms with van der Waals surface area (Å²) in [4.78, 5) is 37.5. The largest absolute Gasteiger partial charge is 0.477 e. The number of imide groups is 1. The van der Waals surface area contributed by atoms with Crippen LogP contribution in [0.5, 0.6) is 0 Å². The lowest BCUT2D eigenvalue weighted by Crippen LogP contribution is -2.47. The van der Waals surface area contributed by atoms with Crippen molar-refractivity contribution in [1.82, 2.24) is 0 Å². The Morgan fingerprint density at radius 2 is 1.81 bits per heavy atom. The zero-order chi connectivity index (χ0) is 15.2. The zero-order valence-corrected chi connectivity index (χ0v) is 12.7. The van der Waals surface area contributed by atoms with Crippen molar-refractivity contribution in [1.29, 1.82) is 0 Å². The minimum atomic E-state index is -1.09. The van der Waals surface area contributed by atoms with Gasteiger partial charge in [-0.1, -0.05) is 12.8 Å². The van der Waals surface area contributed by atoms with Gasteiger partial charge in [-0.15, -0.1) is 11.3 Å². The zero-order valence-electron chi connectivity index (χ0n) is 11.8. The number of aryl methyl sites for hydroxylation is 1. The topological polar surface area (TPSA) is 74.7 Å². The number of thiophene rings is 1. The molecule has 1 aromatic heterocycles. The molecular formula is C15H17NO4S. The average Bonchev–Trinajstić information content (AvgIpc) is 2.97. The number of anilines is 1. The minimum Gasteiger partial charge on any atom is -0.477 e. The molecule has 2 fully saturated rings. The van der Waals surface area contributed by atoms with Crippen LogP contribution in [0, 0.1) is 12.3 Å². The molecule has 5 nitrogen and oxygen atoms in total. The van der Waals surface area contributed by atoms with Gasteiger partial charge in [-0.05, 0) is 36.1 Å². The average molecular weight is 307 g/mol. The number of carbonyl (C=O) groups excluding carboxylic acids is 2. The van der Waals surface area contributed by atoms with Crippen LogP contribution in [0.1, 0.15) is 53.8 Å². The van der Waals surface area contributed by atoms with E-state index < -0.39 is 5.97 Å². The second kappa shape index (κ2) is 4.94. The molecule has 0 radical (unpaired) electrons. The molecule has 2 amide bonds. The quantitative estimate of drug-likeness (QED) is 0.852. The Kier molecular flexibility index (Phi) is 3.36. The van der Waals surface area contributed by atoms with Crippen LogP contribution in [0.4, 0.5) is 5.69 Å². The minimum absolute atomic E-state index is 0.0663. The third-order valence-corrected chi connectivity index (χ3v) is 5.65. The Labute approximate surface area is 126 Å². The first-order valence-corrected chi connectivity index (χ1v) is 7.99. The van der Waals surface area contributed by atoms with Crippen LogP contribution in [0.15, 0.2) is 5.38 Å². The molecule has 1 aliphatic heterocycles. The lowest BCUT2D eigenvalue weighted by atomic mass is 9.76. The lowest BCUT2D eigenvalue weighted by Gasteiger charge is -2.37. The van der Waals surface area contributed by atoms with Gasteiger partial charge < -0.3 is 5.11 Å². The summed E-state index contributed by atoms with van der Waals surface area (Å²) in [5, 5.41) is 10.9. The van der Waals surface area contributed by atoms with E-state index in [-0.39, 0.29) is 27.8 Å². The highest BCUT2D eigenvalue weighted by Gasteiger charge is 2.46. The second-order valence-corrected chi connectivity index (χ2v) is 6.96. The molecule has 0 bridgehead atoms. The van der Waals surface area contributed by atoms with Crippen molar-refractivity contribution in [3.63, 3.8) is 0 Å². The van der Waals surface area contributed by atoms with Crippen LogP contribution >= 0.6 is 11.3 Å². The van der Waals surface area contributed by atoms with Crippen molar-refractivity contribution in [3.8, 4) is 0 Å². The van der Waals surface area contributed by atoms with Crippen LogP contribution in [-0.4, -0.2) is 22.9 Å². The summed E-state index contributed by atoms with van der Waals surface area (Å²) in [6.45, 7) is 1.73. The van der Waals surface area contributed by atoms with Crippen LogP contribution in [-0.2, 0) is 9.59 Å². The smallest absolute Gasteiger partial charge is 0.348 e. The van der Waals surface area contributed by atoms with Gasteiger partial charge in [0.15, 0.2) is 0 Å². The van der Waals surface area contributed by atoms with E-state index in [9.17, 15) is 19.5 Å². The molecule has 0 atom stereocenters. The van der Waals surface area contributed by atoms with Crippen LogP contribution < -0.4 is 4.90 Å². The number of amides is 2. The molecule has 1 spiro atoms. The van der Waals surface area contributed by atoms with E-state index in [1.807, 2.05) is 0 Å². The fourth-order valence-electron chi connectivity index (χ4n) is 3.60. The highest BCUT2D eigenvalue weighted by Crippen LogP contribution is 2.48. The molecular weight excluding hydrogens is 290 g/mol. The molecule has 0 unspecified atom stereocenters.